The number of amides is 2. The first-order chi connectivity index (χ1) is 12.5. The highest BCUT2D eigenvalue weighted by Gasteiger charge is 2.21. The van der Waals surface area contributed by atoms with E-state index >= 15 is 0 Å². The number of nitrogens with two attached hydrogens (primary N) is 1. The van der Waals surface area contributed by atoms with Crippen LogP contribution in [-0.2, 0) is 9.59 Å². The molecule has 1 atom stereocenters. The summed E-state index contributed by atoms with van der Waals surface area (Å²) in [5, 5.41) is 3.75. The summed E-state index contributed by atoms with van der Waals surface area (Å²) in [5.41, 5.74) is 6.16. The van der Waals surface area contributed by atoms with Crippen molar-refractivity contribution in [2.75, 3.05) is 6.61 Å². The van der Waals surface area contributed by atoms with Crippen LogP contribution >= 0.6 is 0 Å². The molecule has 0 aliphatic heterocycles. The van der Waals surface area contributed by atoms with Crippen LogP contribution in [0, 0.1) is 5.92 Å². The predicted molar refractivity (Wildman–Crippen MR) is 102 cm³/mol. The van der Waals surface area contributed by atoms with Gasteiger partial charge in [0.15, 0.2) is 0 Å². The van der Waals surface area contributed by atoms with E-state index in [0.717, 1.165) is 35.9 Å². The average Bonchev–Trinajstić information content (AvgIpc) is 2.62. The first kappa shape index (κ1) is 19.7. The molecule has 140 valence electrons. The highest BCUT2D eigenvalue weighted by atomic mass is 16.5. The van der Waals surface area contributed by atoms with Crippen LogP contribution in [0.3, 0.4) is 0 Å². The molecule has 1 heterocycles. The van der Waals surface area contributed by atoms with Gasteiger partial charge in [-0.25, -0.2) is 0 Å². The third-order valence-electron chi connectivity index (χ3n) is 4.19. The van der Waals surface area contributed by atoms with Gasteiger partial charge in [-0.1, -0.05) is 32.0 Å². The number of hydrogen-bond acceptors (Lipinski definition) is 4. The van der Waals surface area contributed by atoms with Crippen LogP contribution in [0.4, 0.5) is 0 Å². The minimum atomic E-state index is -0.607. The van der Waals surface area contributed by atoms with Gasteiger partial charge < -0.3 is 15.8 Å². The number of primary amides is 1. The van der Waals surface area contributed by atoms with Gasteiger partial charge in [0.1, 0.15) is 17.3 Å². The number of ether oxygens (including phenoxy) is 1. The lowest BCUT2D eigenvalue weighted by molar-refractivity contribution is -0.128. The molecule has 0 radical (unpaired) electrons. The summed E-state index contributed by atoms with van der Waals surface area (Å²) in [5.74, 6) is 0.133. The lowest BCUT2D eigenvalue weighted by atomic mass is 10.0. The second-order valence-electron chi connectivity index (χ2n) is 6.68. The van der Waals surface area contributed by atoms with Gasteiger partial charge in [0.05, 0.1) is 6.61 Å². The summed E-state index contributed by atoms with van der Waals surface area (Å²) in [7, 11) is 0. The summed E-state index contributed by atoms with van der Waals surface area (Å²) in [4.78, 5) is 27.6. The van der Waals surface area contributed by atoms with E-state index < -0.39 is 11.9 Å². The van der Waals surface area contributed by atoms with Gasteiger partial charge >= 0.3 is 0 Å². The molecule has 3 N–H and O–H groups in total. The minimum absolute atomic E-state index is 0.0147. The van der Waals surface area contributed by atoms with Crippen molar-refractivity contribution in [2.24, 2.45) is 11.7 Å². The summed E-state index contributed by atoms with van der Waals surface area (Å²) < 4.78 is 5.83. The van der Waals surface area contributed by atoms with Crippen molar-refractivity contribution in [2.45, 2.75) is 45.6 Å². The number of nitrogens with one attached hydrogen (secondary N) is 1. The molecule has 1 aromatic carbocycles. The van der Waals surface area contributed by atoms with Crippen LogP contribution < -0.4 is 15.8 Å². The second kappa shape index (κ2) is 9.75. The number of rotatable bonds is 10. The fraction of sp³-hybridized carbons (Fsp3) is 0.450. The SMILES string of the molecule is CC(C)C(NC(=O)CCCCCOc1cccc2cccnc12)C(N)=O. The molecule has 1 aromatic heterocycles. The number of hydrogen-bond donors (Lipinski definition) is 2. The van der Waals surface area contributed by atoms with E-state index in [1.165, 1.54) is 0 Å². The molecule has 2 rings (SSSR count). The summed E-state index contributed by atoms with van der Waals surface area (Å²) >= 11 is 0. The number of unbranched alkanes of at least 4 members (excludes halogenated alkanes) is 2. The number of nitrogens with zero attached hydrogens (tertiary/aromatic N) is 1. The van der Waals surface area contributed by atoms with Gasteiger partial charge in [0.25, 0.3) is 0 Å². The fourth-order valence-electron chi connectivity index (χ4n) is 2.75. The van der Waals surface area contributed by atoms with Crippen LogP contribution in [-0.4, -0.2) is 29.4 Å². The normalized spacial score (nSPS) is 12.1. The molecule has 0 fully saturated rings. The van der Waals surface area contributed by atoms with Crippen molar-refractivity contribution in [1.29, 1.82) is 0 Å². The maximum atomic E-state index is 11.9. The molecular formula is C20H27N3O3. The van der Waals surface area contributed by atoms with Crippen molar-refractivity contribution in [3.05, 3.63) is 36.5 Å². The number of fused-ring (bicyclic) bond motifs is 1. The molecule has 0 aliphatic carbocycles. The smallest absolute Gasteiger partial charge is 0.240 e. The average molecular weight is 357 g/mol. The summed E-state index contributed by atoms with van der Waals surface area (Å²) in [6, 6.07) is 9.17. The summed E-state index contributed by atoms with van der Waals surface area (Å²) in [6.45, 7) is 4.29. The van der Waals surface area contributed by atoms with Crippen LogP contribution in [0.15, 0.2) is 36.5 Å². The van der Waals surface area contributed by atoms with Crippen LogP contribution in [0.1, 0.15) is 39.5 Å². The summed E-state index contributed by atoms with van der Waals surface area (Å²) in [6.07, 6.45) is 4.59. The largest absolute Gasteiger partial charge is 0.491 e. The molecule has 0 aliphatic rings. The molecule has 0 spiro atoms. The lowest BCUT2D eigenvalue weighted by Gasteiger charge is -2.18. The molecule has 1 unspecified atom stereocenters. The Balaban J connectivity index is 1.68. The minimum Gasteiger partial charge on any atom is -0.491 e. The maximum Gasteiger partial charge on any atom is 0.240 e. The van der Waals surface area contributed by atoms with Crippen molar-refractivity contribution in [3.63, 3.8) is 0 Å². The van der Waals surface area contributed by atoms with Crippen molar-refractivity contribution >= 4 is 22.7 Å². The Kier molecular flexibility index (Phi) is 7.38. The van der Waals surface area contributed by atoms with Gasteiger partial charge in [-0.3, -0.25) is 14.6 Å². The Bertz CT molecular complexity index is 741. The topological polar surface area (TPSA) is 94.3 Å². The first-order valence-corrected chi connectivity index (χ1v) is 9.04. The molecule has 26 heavy (non-hydrogen) atoms. The molecule has 0 saturated heterocycles. The molecular weight excluding hydrogens is 330 g/mol. The molecule has 0 saturated carbocycles. The van der Waals surface area contributed by atoms with Crippen LogP contribution in [0.2, 0.25) is 0 Å². The fourth-order valence-corrected chi connectivity index (χ4v) is 2.75. The van der Waals surface area contributed by atoms with Gasteiger partial charge in [-0.05, 0) is 37.3 Å². The van der Waals surface area contributed by atoms with Gasteiger partial charge in [0.2, 0.25) is 11.8 Å². The standard InChI is InChI=1S/C20H27N3O3/c1-14(2)18(20(21)25)23-17(24)11-4-3-5-13-26-16-10-6-8-15-9-7-12-22-19(15)16/h6-10,12,14,18H,3-5,11,13H2,1-2H3,(H2,21,25)(H,23,24). The lowest BCUT2D eigenvalue weighted by Crippen LogP contribution is -2.47. The third kappa shape index (κ3) is 5.72. The molecule has 2 aromatic rings. The Morgan fingerprint density at radius 1 is 1.15 bits per heavy atom. The Labute approximate surface area is 154 Å². The van der Waals surface area contributed by atoms with E-state index in [9.17, 15) is 9.59 Å². The zero-order valence-electron chi connectivity index (χ0n) is 15.4. The highest BCUT2D eigenvalue weighted by Crippen LogP contribution is 2.23. The number of pyridine rings is 1. The van der Waals surface area contributed by atoms with E-state index in [1.54, 1.807) is 6.20 Å². The van der Waals surface area contributed by atoms with Crippen LogP contribution in [0.5, 0.6) is 5.75 Å². The molecule has 6 heteroatoms. The van der Waals surface area contributed by atoms with Gasteiger partial charge in [-0.15, -0.1) is 0 Å². The number of para-hydroxylation sites is 1. The van der Waals surface area contributed by atoms with E-state index in [2.05, 4.69) is 10.3 Å². The predicted octanol–water partition coefficient (Wildman–Crippen LogP) is 2.80. The maximum absolute atomic E-state index is 11.9. The van der Waals surface area contributed by atoms with Crippen molar-refractivity contribution in [3.8, 4) is 5.75 Å². The quantitative estimate of drug-likeness (QED) is 0.639. The molecule has 6 nitrogen and oxygen atoms in total. The van der Waals surface area contributed by atoms with Crippen LogP contribution in [0.25, 0.3) is 10.9 Å². The Hall–Kier alpha value is -2.63. The van der Waals surface area contributed by atoms with E-state index in [1.807, 2.05) is 44.2 Å². The number of carbonyl (C=O) groups is 2. The van der Waals surface area contributed by atoms with E-state index in [0.29, 0.717) is 13.0 Å². The van der Waals surface area contributed by atoms with E-state index in [4.69, 9.17) is 10.5 Å². The number of aromatic nitrogens is 1. The Morgan fingerprint density at radius 2 is 1.92 bits per heavy atom. The number of carbonyl (C=O) groups excluding carboxylic acids is 2. The zero-order valence-corrected chi connectivity index (χ0v) is 15.4. The van der Waals surface area contributed by atoms with E-state index in [-0.39, 0.29) is 11.8 Å². The monoisotopic (exact) mass is 357 g/mol. The Morgan fingerprint density at radius 3 is 2.65 bits per heavy atom. The molecule has 0 bridgehead atoms. The third-order valence-corrected chi connectivity index (χ3v) is 4.19. The number of benzene rings is 1. The zero-order chi connectivity index (χ0) is 18.9. The van der Waals surface area contributed by atoms with Crippen molar-refractivity contribution in [1.82, 2.24) is 10.3 Å². The highest BCUT2D eigenvalue weighted by molar-refractivity contribution is 5.86. The van der Waals surface area contributed by atoms with Gasteiger partial charge in [0, 0.05) is 18.0 Å². The first-order valence-electron chi connectivity index (χ1n) is 9.04. The molecule has 2 amide bonds. The van der Waals surface area contributed by atoms with Crippen molar-refractivity contribution < 1.29 is 14.3 Å². The second-order valence-corrected chi connectivity index (χ2v) is 6.68. The van der Waals surface area contributed by atoms with Gasteiger partial charge in [-0.2, -0.15) is 0 Å².